The zero-order valence-electron chi connectivity index (χ0n) is 16.4. The molecule has 0 unspecified atom stereocenters. The molecular weight excluding hydrogens is 370 g/mol. The van der Waals surface area contributed by atoms with Gasteiger partial charge in [-0.3, -0.25) is 4.79 Å². The summed E-state index contributed by atoms with van der Waals surface area (Å²) >= 11 is 1.39. The van der Waals surface area contributed by atoms with Gasteiger partial charge in [0.15, 0.2) is 5.82 Å². The minimum Gasteiger partial charge on any atom is -0.348 e. The van der Waals surface area contributed by atoms with Crippen molar-refractivity contribution in [2.24, 2.45) is 0 Å². The minimum atomic E-state index is -0.278. The maximum Gasteiger partial charge on any atom is 0.233 e. The Kier molecular flexibility index (Phi) is 5.90. The fraction of sp³-hybridized carbons (Fsp3) is 0.571. The Bertz CT molecular complexity index is 830. The molecule has 1 fully saturated rings. The smallest absolute Gasteiger partial charge is 0.233 e. The monoisotopic (exact) mass is 399 g/mol. The molecule has 4 rings (SSSR count). The summed E-state index contributed by atoms with van der Waals surface area (Å²) < 4.78 is 1.60. The number of carbonyl (C=O) groups is 1. The summed E-state index contributed by atoms with van der Waals surface area (Å²) in [5.74, 6) is 7.54. The summed E-state index contributed by atoms with van der Waals surface area (Å²) in [7, 11) is 0. The van der Waals surface area contributed by atoms with Crippen LogP contribution in [0.25, 0.3) is 0 Å². The van der Waals surface area contributed by atoms with E-state index in [9.17, 15) is 4.79 Å². The van der Waals surface area contributed by atoms with Gasteiger partial charge in [-0.1, -0.05) is 55.3 Å². The Balaban J connectivity index is 1.40. The molecule has 0 aliphatic heterocycles. The van der Waals surface area contributed by atoms with Gasteiger partial charge in [0.05, 0.1) is 11.3 Å². The zero-order chi connectivity index (χ0) is 19.5. The second kappa shape index (κ2) is 8.55. The van der Waals surface area contributed by atoms with Crippen molar-refractivity contribution in [1.29, 1.82) is 0 Å². The van der Waals surface area contributed by atoms with Gasteiger partial charge in [0.25, 0.3) is 0 Å². The van der Waals surface area contributed by atoms with E-state index in [1.54, 1.807) is 4.68 Å². The van der Waals surface area contributed by atoms with Crippen LogP contribution in [-0.2, 0) is 11.2 Å². The van der Waals surface area contributed by atoms with Gasteiger partial charge >= 0.3 is 0 Å². The number of hydrogen-bond acceptors (Lipinski definition) is 5. The fourth-order valence-electron chi connectivity index (χ4n) is 4.41. The van der Waals surface area contributed by atoms with E-state index in [1.165, 1.54) is 42.2 Å². The van der Waals surface area contributed by atoms with Crippen molar-refractivity contribution in [1.82, 2.24) is 20.2 Å². The number of rotatable bonds is 5. The van der Waals surface area contributed by atoms with E-state index >= 15 is 0 Å². The molecule has 2 aliphatic rings. The van der Waals surface area contributed by atoms with Crippen LogP contribution in [0.15, 0.2) is 29.4 Å². The van der Waals surface area contributed by atoms with E-state index in [4.69, 9.17) is 5.84 Å². The lowest BCUT2D eigenvalue weighted by Gasteiger charge is -2.27. The molecule has 1 aromatic carbocycles. The molecule has 0 bridgehead atoms. The van der Waals surface area contributed by atoms with E-state index in [-0.39, 0.29) is 17.2 Å². The molecule has 2 aliphatic carbocycles. The van der Waals surface area contributed by atoms with Crippen molar-refractivity contribution in [2.75, 3.05) is 5.84 Å². The van der Waals surface area contributed by atoms with Gasteiger partial charge in [0, 0.05) is 5.92 Å². The van der Waals surface area contributed by atoms with Gasteiger partial charge in [0.1, 0.15) is 0 Å². The molecule has 7 heteroatoms. The van der Waals surface area contributed by atoms with Crippen molar-refractivity contribution in [3.05, 3.63) is 41.2 Å². The lowest BCUT2D eigenvalue weighted by Crippen LogP contribution is -2.36. The topological polar surface area (TPSA) is 85.8 Å². The molecule has 150 valence electrons. The van der Waals surface area contributed by atoms with Crippen molar-refractivity contribution < 1.29 is 4.79 Å². The third-order valence-corrected chi connectivity index (χ3v) is 7.06. The largest absolute Gasteiger partial charge is 0.348 e. The maximum absolute atomic E-state index is 12.8. The standard InChI is InChI=1S/C21H29N5OS/c1-14(20(27)23-18-13-7-11-15-8-5-6-12-17(15)18)28-21-25-24-19(26(21)22)16-9-3-2-4-10-16/h5-6,8,12,14,16,18H,2-4,7,9-11,13,22H2,1H3,(H,23,27)/t14-,18+/m1/s1. The fourth-order valence-corrected chi connectivity index (χ4v) is 5.20. The lowest BCUT2D eigenvalue weighted by atomic mass is 9.88. The average Bonchev–Trinajstić information content (AvgIpc) is 3.09. The van der Waals surface area contributed by atoms with Gasteiger partial charge in [0.2, 0.25) is 11.1 Å². The number of thioether (sulfide) groups is 1. The number of amides is 1. The van der Waals surface area contributed by atoms with Gasteiger partial charge in [-0.2, -0.15) is 0 Å². The number of hydrogen-bond donors (Lipinski definition) is 2. The Hall–Kier alpha value is -2.02. The highest BCUT2D eigenvalue weighted by molar-refractivity contribution is 8.00. The summed E-state index contributed by atoms with van der Waals surface area (Å²) in [6, 6.07) is 8.50. The van der Waals surface area contributed by atoms with Crippen molar-refractivity contribution in [3.8, 4) is 0 Å². The number of aromatic nitrogens is 3. The molecular formula is C21H29N5OS. The Morgan fingerprint density at radius 3 is 2.79 bits per heavy atom. The molecule has 2 atom stereocenters. The van der Waals surface area contributed by atoms with Crippen LogP contribution in [0.4, 0.5) is 0 Å². The Labute approximate surface area is 170 Å². The van der Waals surface area contributed by atoms with Gasteiger partial charge < -0.3 is 11.2 Å². The van der Waals surface area contributed by atoms with Crippen LogP contribution in [0, 0.1) is 0 Å². The molecule has 0 spiro atoms. The first kappa shape index (κ1) is 19.3. The number of carbonyl (C=O) groups excluding carboxylic acids is 1. The summed E-state index contributed by atoms with van der Waals surface area (Å²) in [4.78, 5) is 12.8. The highest BCUT2D eigenvalue weighted by Crippen LogP contribution is 2.33. The highest BCUT2D eigenvalue weighted by Gasteiger charge is 2.27. The van der Waals surface area contributed by atoms with Crippen LogP contribution in [0.2, 0.25) is 0 Å². The normalized spacial score (nSPS) is 21.1. The number of nitrogens with one attached hydrogen (secondary N) is 1. The molecule has 1 saturated carbocycles. The number of nitrogens with zero attached hydrogens (tertiary/aromatic N) is 3. The van der Waals surface area contributed by atoms with E-state index in [1.807, 2.05) is 13.0 Å². The highest BCUT2D eigenvalue weighted by atomic mass is 32.2. The predicted molar refractivity (Wildman–Crippen MR) is 112 cm³/mol. The number of fused-ring (bicyclic) bond motifs is 1. The van der Waals surface area contributed by atoms with Crippen LogP contribution in [0.5, 0.6) is 0 Å². The summed E-state index contributed by atoms with van der Waals surface area (Å²) in [5, 5.41) is 12.2. The lowest BCUT2D eigenvalue weighted by molar-refractivity contribution is -0.121. The summed E-state index contributed by atoms with van der Waals surface area (Å²) in [6.07, 6.45) is 9.16. The molecule has 6 nitrogen and oxygen atoms in total. The molecule has 2 aromatic rings. The predicted octanol–water partition coefficient (Wildman–Crippen LogP) is 3.71. The average molecular weight is 400 g/mol. The van der Waals surface area contributed by atoms with Crippen LogP contribution in [0.1, 0.15) is 80.8 Å². The molecule has 28 heavy (non-hydrogen) atoms. The zero-order valence-corrected chi connectivity index (χ0v) is 17.3. The summed E-state index contributed by atoms with van der Waals surface area (Å²) in [6.45, 7) is 1.91. The van der Waals surface area contributed by atoms with Gasteiger partial charge in [-0.25, -0.2) is 4.68 Å². The Morgan fingerprint density at radius 2 is 1.96 bits per heavy atom. The molecule has 0 radical (unpaired) electrons. The molecule has 1 aromatic heterocycles. The van der Waals surface area contributed by atoms with Crippen molar-refractivity contribution >= 4 is 17.7 Å². The number of nitrogen functional groups attached to an aromatic ring is 1. The number of aryl methyl sites for hydroxylation is 1. The first-order valence-electron chi connectivity index (χ1n) is 10.4. The van der Waals surface area contributed by atoms with Crippen LogP contribution >= 0.6 is 11.8 Å². The molecule has 3 N–H and O–H groups in total. The number of benzene rings is 1. The second-order valence-electron chi connectivity index (χ2n) is 7.96. The van der Waals surface area contributed by atoms with Crippen molar-refractivity contribution in [3.63, 3.8) is 0 Å². The van der Waals surface area contributed by atoms with E-state index in [0.29, 0.717) is 11.1 Å². The summed E-state index contributed by atoms with van der Waals surface area (Å²) in [5.41, 5.74) is 2.60. The van der Waals surface area contributed by atoms with Crippen LogP contribution in [0.3, 0.4) is 0 Å². The van der Waals surface area contributed by atoms with Crippen molar-refractivity contribution in [2.45, 2.75) is 80.7 Å². The quantitative estimate of drug-likeness (QED) is 0.591. The third kappa shape index (κ3) is 4.04. The van der Waals surface area contributed by atoms with Gasteiger partial charge in [-0.15, -0.1) is 10.2 Å². The second-order valence-corrected chi connectivity index (χ2v) is 9.27. The van der Waals surface area contributed by atoms with E-state index in [2.05, 4.69) is 33.7 Å². The Morgan fingerprint density at radius 1 is 1.18 bits per heavy atom. The van der Waals surface area contributed by atoms with Crippen LogP contribution < -0.4 is 11.2 Å². The molecule has 1 heterocycles. The molecule has 1 amide bonds. The third-order valence-electron chi connectivity index (χ3n) is 6.00. The minimum absolute atomic E-state index is 0.0221. The molecule has 0 saturated heterocycles. The first-order chi connectivity index (χ1) is 13.6. The van der Waals surface area contributed by atoms with Crippen LogP contribution in [-0.4, -0.2) is 26.0 Å². The van der Waals surface area contributed by atoms with E-state index < -0.39 is 0 Å². The maximum atomic E-state index is 12.8. The SMILES string of the molecule is C[C@@H](Sc1nnc(C2CCCCC2)n1N)C(=O)N[C@H]1CCCc2ccccc21. The number of nitrogens with two attached hydrogens (primary N) is 1. The van der Waals surface area contributed by atoms with E-state index in [0.717, 1.165) is 37.9 Å². The first-order valence-corrected chi connectivity index (χ1v) is 11.3. The van der Waals surface area contributed by atoms with Gasteiger partial charge in [-0.05, 0) is 50.2 Å².